The third-order valence-electron chi connectivity index (χ3n) is 3.16. The molecule has 5 N–H and O–H groups in total. The molecule has 3 amide bonds. The van der Waals surface area contributed by atoms with E-state index in [1.54, 1.807) is 30.3 Å². The molecule has 0 aliphatic rings. The number of nitrogens with two attached hydrogens (primary N) is 1. The van der Waals surface area contributed by atoms with Crippen molar-refractivity contribution >= 4 is 34.2 Å². The topological polar surface area (TPSA) is 100 Å². The Balaban J connectivity index is 1.80. The maximum Gasteiger partial charge on any atom is 0.316 e. The Bertz CT molecular complexity index is 821. The second kappa shape index (κ2) is 5.61. The van der Waals surface area contributed by atoms with Gasteiger partial charge in [-0.3, -0.25) is 4.79 Å². The van der Waals surface area contributed by atoms with Crippen LogP contribution < -0.4 is 16.4 Å². The molecule has 6 heteroatoms. The molecule has 0 aliphatic carbocycles. The van der Waals surface area contributed by atoms with E-state index in [1.807, 2.05) is 24.3 Å². The monoisotopic (exact) mass is 294 g/mol. The molecule has 0 fully saturated rings. The summed E-state index contributed by atoms with van der Waals surface area (Å²) in [4.78, 5) is 26.2. The molecule has 0 spiro atoms. The molecule has 6 nitrogen and oxygen atoms in total. The lowest BCUT2D eigenvalue weighted by molar-refractivity contribution is 0.102. The number of fused-ring (bicyclic) bond motifs is 1. The van der Waals surface area contributed by atoms with Gasteiger partial charge in [-0.15, -0.1) is 0 Å². The minimum Gasteiger partial charge on any atom is -0.351 e. The smallest absolute Gasteiger partial charge is 0.316 e. The number of primary amides is 1. The molecule has 0 aliphatic heterocycles. The maximum absolute atomic E-state index is 12.3. The average molecular weight is 294 g/mol. The highest BCUT2D eigenvalue weighted by atomic mass is 16.2. The Kier molecular flexibility index (Phi) is 3.49. The maximum atomic E-state index is 12.3. The molecular formula is C16H14N4O2. The summed E-state index contributed by atoms with van der Waals surface area (Å²) in [5.41, 5.74) is 7.51. The van der Waals surface area contributed by atoms with Gasteiger partial charge in [0.1, 0.15) is 5.69 Å². The number of carbonyl (C=O) groups excluding carboxylic acids is 2. The number of aromatic amines is 1. The number of anilines is 2. The number of para-hydroxylation sites is 1. The molecule has 0 bridgehead atoms. The van der Waals surface area contributed by atoms with E-state index in [0.29, 0.717) is 17.1 Å². The Morgan fingerprint density at radius 2 is 1.64 bits per heavy atom. The fraction of sp³-hybridized carbons (Fsp3) is 0. The normalized spacial score (nSPS) is 10.4. The zero-order valence-corrected chi connectivity index (χ0v) is 11.6. The third-order valence-corrected chi connectivity index (χ3v) is 3.16. The lowest BCUT2D eigenvalue weighted by atomic mass is 10.2. The van der Waals surface area contributed by atoms with Crippen LogP contribution in [0.2, 0.25) is 0 Å². The van der Waals surface area contributed by atoms with E-state index in [2.05, 4.69) is 15.6 Å². The van der Waals surface area contributed by atoms with Crippen molar-refractivity contribution in [1.82, 2.24) is 4.98 Å². The van der Waals surface area contributed by atoms with Gasteiger partial charge in [-0.1, -0.05) is 24.3 Å². The molecule has 0 atom stereocenters. The van der Waals surface area contributed by atoms with Crippen LogP contribution in [0.3, 0.4) is 0 Å². The van der Waals surface area contributed by atoms with Crippen LogP contribution >= 0.6 is 0 Å². The number of amides is 3. The van der Waals surface area contributed by atoms with Crippen LogP contribution in [-0.4, -0.2) is 16.9 Å². The molecule has 22 heavy (non-hydrogen) atoms. The molecular weight excluding hydrogens is 280 g/mol. The molecule has 1 aromatic heterocycles. The van der Waals surface area contributed by atoms with Gasteiger partial charge in [0, 0.05) is 22.3 Å². The Morgan fingerprint density at radius 3 is 2.36 bits per heavy atom. The number of nitrogens with one attached hydrogen (secondary N) is 3. The molecule has 110 valence electrons. The average Bonchev–Trinajstić information content (AvgIpc) is 2.91. The molecule has 0 saturated heterocycles. The Morgan fingerprint density at radius 1 is 0.909 bits per heavy atom. The number of benzene rings is 2. The van der Waals surface area contributed by atoms with Crippen molar-refractivity contribution in [2.45, 2.75) is 0 Å². The lowest BCUT2D eigenvalue weighted by Crippen LogP contribution is -2.19. The summed E-state index contributed by atoms with van der Waals surface area (Å²) in [6, 6.07) is 15.5. The molecule has 0 radical (unpaired) electrons. The van der Waals surface area contributed by atoms with Crippen molar-refractivity contribution in [3.05, 3.63) is 60.3 Å². The van der Waals surface area contributed by atoms with Crippen LogP contribution in [-0.2, 0) is 0 Å². The highest BCUT2D eigenvalue weighted by Gasteiger charge is 2.10. The summed E-state index contributed by atoms with van der Waals surface area (Å²) in [5.74, 6) is -0.257. The summed E-state index contributed by atoms with van der Waals surface area (Å²) in [7, 11) is 0. The quantitative estimate of drug-likeness (QED) is 0.597. The molecule has 3 rings (SSSR count). The minimum absolute atomic E-state index is 0.257. The van der Waals surface area contributed by atoms with Gasteiger partial charge in [0.25, 0.3) is 5.91 Å². The first-order valence-corrected chi connectivity index (χ1v) is 6.67. The SMILES string of the molecule is NC(=O)Nc1cccc(NC(=O)c2cc3ccccc3[nH]2)c1. The summed E-state index contributed by atoms with van der Waals surface area (Å²) in [6.07, 6.45) is 0. The molecule has 0 saturated carbocycles. The fourth-order valence-corrected chi connectivity index (χ4v) is 2.21. The summed E-state index contributed by atoms with van der Waals surface area (Å²) < 4.78 is 0. The van der Waals surface area contributed by atoms with Crippen LogP contribution in [0.5, 0.6) is 0 Å². The van der Waals surface area contributed by atoms with Gasteiger partial charge in [-0.2, -0.15) is 0 Å². The van der Waals surface area contributed by atoms with Crippen molar-refractivity contribution in [3.63, 3.8) is 0 Å². The van der Waals surface area contributed by atoms with Gasteiger partial charge >= 0.3 is 6.03 Å². The first kappa shape index (κ1) is 13.7. The van der Waals surface area contributed by atoms with Gasteiger partial charge in [0.2, 0.25) is 0 Å². The van der Waals surface area contributed by atoms with E-state index >= 15 is 0 Å². The second-order valence-electron chi connectivity index (χ2n) is 4.79. The van der Waals surface area contributed by atoms with E-state index in [9.17, 15) is 9.59 Å². The van der Waals surface area contributed by atoms with E-state index in [-0.39, 0.29) is 5.91 Å². The number of H-pyrrole nitrogens is 1. The summed E-state index contributed by atoms with van der Waals surface area (Å²) in [6.45, 7) is 0. The molecule has 3 aromatic rings. The third kappa shape index (κ3) is 2.90. The first-order chi connectivity index (χ1) is 10.6. The zero-order valence-electron chi connectivity index (χ0n) is 11.6. The molecule has 1 heterocycles. The fourth-order valence-electron chi connectivity index (χ4n) is 2.21. The Labute approximate surface area is 126 Å². The lowest BCUT2D eigenvalue weighted by Gasteiger charge is -2.06. The summed E-state index contributed by atoms with van der Waals surface area (Å²) >= 11 is 0. The minimum atomic E-state index is -0.654. The van der Waals surface area contributed by atoms with E-state index in [0.717, 1.165) is 10.9 Å². The summed E-state index contributed by atoms with van der Waals surface area (Å²) in [5, 5.41) is 6.20. The number of carbonyl (C=O) groups is 2. The van der Waals surface area contributed by atoms with Crippen LogP contribution in [0.1, 0.15) is 10.5 Å². The largest absolute Gasteiger partial charge is 0.351 e. The van der Waals surface area contributed by atoms with Gasteiger partial charge in [-0.25, -0.2) is 4.79 Å². The predicted octanol–water partition coefficient (Wildman–Crippen LogP) is 2.91. The number of rotatable bonds is 3. The standard InChI is InChI=1S/C16H14N4O2/c17-16(22)19-12-6-3-5-11(9-12)18-15(21)14-8-10-4-1-2-7-13(10)20-14/h1-9,20H,(H,18,21)(H3,17,19,22). The van der Waals surface area contributed by atoms with Crippen LogP contribution in [0, 0.1) is 0 Å². The number of aromatic nitrogens is 1. The van der Waals surface area contributed by atoms with Crippen molar-refractivity contribution in [2.24, 2.45) is 5.73 Å². The zero-order chi connectivity index (χ0) is 15.5. The van der Waals surface area contributed by atoms with Gasteiger partial charge < -0.3 is 21.4 Å². The van der Waals surface area contributed by atoms with Crippen molar-refractivity contribution < 1.29 is 9.59 Å². The molecule has 0 unspecified atom stereocenters. The highest BCUT2D eigenvalue weighted by Crippen LogP contribution is 2.18. The second-order valence-corrected chi connectivity index (χ2v) is 4.79. The van der Waals surface area contributed by atoms with Crippen LogP contribution in [0.15, 0.2) is 54.6 Å². The van der Waals surface area contributed by atoms with Gasteiger partial charge in [0.15, 0.2) is 0 Å². The highest BCUT2D eigenvalue weighted by molar-refractivity contribution is 6.06. The number of hydrogen-bond donors (Lipinski definition) is 4. The number of urea groups is 1. The Hall–Kier alpha value is -3.28. The van der Waals surface area contributed by atoms with E-state index in [4.69, 9.17) is 5.73 Å². The predicted molar refractivity (Wildman–Crippen MR) is 85.9 cm³/mol. The van der Waals surface area contributed by atoms with Crippen molar-refractivity contribution in [3.8, 4) is 0 Å². The van der Waals surface area contributed by atoms with Gasteiger partial charge in [0.05, 0.1) is 0 Å². The van der Waals surface area contributed by atoms with Gasteiger partial charge in [-0.05, 0) is 30.3 Å². The van der Waals surface area contributed by atoms with E-state index in [1.165, 1.54) is 0 Å². The van der Waals surface area contributed by atoms with Crippen LogP contribution in [0.25, 0.3) is 10.9 Å². The van der Waals surface area contributed by atoms with Crippen LogP contribution in [0.4, 0.5) is 16.2 Å². The van der Waals surface area contributed by atoms with E-state index < -0.39 is 6.03 Å². The van der Waals surface area contributed by atoms with Crippen molar-refractivity contribution in [2.75, 3.05) is 10.6 Å². The molecule has 2 aromatic carbocycles. The first-order valence-electron chi connectivity index (χ1n) is 6.67. The number of hydrogen-bond acceptors (Lipinski definition) is 2. The van der Waals surface area contributed by atoms with Crippen molar-refractivity contribution in [1.29, 1.82) is 0 Å².